The lowest BCUT2D eigenvalue weighted by Crippen LogP contribution is -2.37. The third-order valence-corrected chi connectivity index (χ3v) is 9.36. The third-order valence-electron chi connectivity index (χ3n) is 7.98. The van der Waals surface area contributed by atoms with E-state index in [4.69, 9.17) is 14.2 Å². The highest BCUT2D eigenvalue weighted by Crippen LogP contribution is 2.47. The van der Waals surface area contributed by atoms with Crippen LogP contribution in [0.3, 0.4) is 0 Å². The van der Waals surface area contributed by atoms with Gasteiger partial charge in [0.2, 0.25) is 0 Å². The Balaban J connectivity index is 1.55. The fourth-order valence-electron chi connectivity index (χ4n) is 5.46. The number of amides is 2. The highest BCUT2D eigenvalue weighted by Gasteiger charge is 2.25. The van der Waals surface area contributed by atoms with Crippen molar-refractivity contribution in [1.82, 2.24) is 9.80 Å². The lowest BCUT2D eigenvalue weighted by molar-refractivity contribution is 0.0294. The predicted octanol–water partition coefficient (Wildman–Crippen LogP) is 7.86. The minimum Gasteiger partial charge on any atom is -0.507 e. The number of fused-ring (bicyclic) bond motifs is 2. The van der Waals surface area contributed by atoms with Crippen molar-refractivity contribution in [2.45, 2.75) is 37.7 Å². The maximum Gasteiger partial charge on any atom is 0.415 e. The Kier molecular flexibility index (Phi) is 10.4. The summed E-state index contributed by atoms with van der Waals surface area (Å²) < 4.78 is 46.7. The van der Waals surface area contributed by atoms with Gasteiger partial charge in [-0.15, -0.1) is 0 Å². The van der Waals surface area contributed by atoms with E-state index in [9.17, 15) is 23.1 Å². The van der Waals surface area contributed by atoms with Gasteiger partial charge in [-0.05, 0) is 74.4 Å². The van der Waals surface area contributed by atoms with Crippen molar-refractivity contribution in [1.29, 1.82) is 0 Å². The smallest absolute Gasteiger partial charge is 0.415 e. The van der Waals surface area contributed by atoms with Crippen molar-refractivity contribution in [3.8, 4) is 28.4 Å². The van der Waals surface area contributed by atoms with Gasteiger partial charge in [-0.25, -0.2) is 18.0 Å². The number of phenols is 1. The monoisotopic (exact) mass is 699 g/mol. The fourth-order valence-corrected chi connectivity index (χ4v) is 6.53. The molecule has 2 amide bonds. The number of ether oxygens (including phenoxy) is 3. The number of carbonyl (C=O) groups excluding carboxylic acids is 2. The van der Waals surface area contributed by atoms with Crippen LogP contribution in [0.25, 0.3) is 32.7 Å². The Labute approximate surface area is 292 Å². The molecule has 0 fully saturated rings. The number of sulfonamides is 1. The molecule has 50 heavy (non-hydrogen) atoms. The molecule has 0 saturated heterocycles. The van der Waals surface area contributed by atoms with Crippen LogP contribution in [0.5, 0.6) is 17.2 Å². The Morgan fingerprint density at radius 2 is 1.40 bits per heavy atom. The molecule has 5 aromatic rings. The van der Waals surface area contributed by atoms with E-state index in [1.54, 1.807) is 89.5 Å². The summed E-state index contributed by atoms with van der Waals surface area (Å²) in [6.45, 7) is 5.98. The molecule has 12 heteroatoms. The number of aromatic hydroxyl groups is 1. The molecule has 0 heterocycles. The highest BCUT2D eigenvalue weighted by molar-refractivity contribution is 7.92. The van der Waals surface area contributed by atoms with Crippen LogP contribution in [0.1, 0.15) is 27.2 Å². The summed E-state index contributed by atoms with van der Waals surface area (Å²) >= 11 is 0. The van der Waals surface area contributed by atoms with Gasteiger partial charge in [0, 0.05) is 49.1 Å². The van der Waals surface area contributed by atoms with E-state index < -0.39 is 27.8 Å². The molecule has 0 bridgehead atoms. The predicted molar refractivity (Wildman–Crippen MR) is 194 cm³/mol. The molecule has 262 valence electrons. The first-order chi connectivity index (χ1) is 23.7. The van der Waals surface area contributed by atoms with E-state index in [0.29, 0.717) is 46.0 Å². The first kappa shape index (κ1) is 35.8. The van der Waals surface area contributed by atoms with Gasteiger partial charge in [0.25, 0.3) is 10.0 Å². The van der Waals surface area contributed by atoms with E-state index in [0.717, 1.165) is 5.39 Å². The number of anilines is 1. The Morgan fingerprint density at radius 3 is 2.04 bits per heavy atom. The molecule has 0 spiro atoms. The largest absolute Gasteiger partial charge is 0.507 e. The van der Waals surface area contributed by atoms with E-state index in [1.807, 2.05) is 24.3 Å². The molecule has 0 radical (unpaired) electrons. The quantitative estimate of drug-likeness (QED) is 0.150. The minimum absolute atomic E-state index is 0.0198. The van der Waals surface area contributed by atoms with Gasteiger partial charge in [-0.2, -0.15) is 0 Å². The van der Waals surface area contributed by atoms with Crippen molar-refractivity contribution in [2.75, 3.05) is 39.0 Å². The van der Waals surface area contributed by atoms with Gasteiger partial charge in [0.05, 0.1) is 17.7 Å². The van der Waals surface area contributed by atoms with Crippen molar-refractivity contribution in [3.63, 3.8) is 0 Å². The average Bonchev–Trinajstić information content (AvgIpc) is 3.08. The molecule has 0 aliphatic heterocycles. The summed E-state index contributed by atoms with van der Waals surface area (Å²) in [5.74, 6) is 0.565. The number of nitrogens with zero attached hydrogens (tertiary/aromatic N) is 2. The van der Waals surface area contributed by atoms with Crippen LogP contribution in [0.15, 0.2) is 95.9 Å². The lowest BCUT2D eigenvalue weighted by atomic mass is 9.93. The van der Waals surface area contributed by atoms with Gasteiger partial charge in [0.1, 0.15) is 22.8 Å². The Hall–Kier alpha value is -5.49. The number of benzene rings is 5. The van der Waals surface area contributed by atoms with Crippen LogP contribution in [0, 0.1) is 0 Å². The van der Waals surface area contributed by atoms with E-state index >= 15 is 0 Å². The van der Waals surface area contributed by atoms with Crippen molar-refractivity contribution in [3.05, 3.63) is 91.0 Å². The van der Waals surface area contributed by atoms with Crippen LogP contribution < -0.4 is 14.2 Å². The van der Waals surface area contributed by atoms with E-state index in [-0.39, 0.29) is 28.6 Å². The second-order valence-corrected chi connectivity index (χ2v) is 14.5. The van der Waals surface area contributed by atoms with Crippen LogP contribution in [-0.2, 0) is 14.8 Å². The van der Waals surface area contributed by atoms with Gasteiger partial charge >= 0.3 is 12.2 Å². The molecule has 0 unspecified atom stereocenters. The number of nitrogens with one attached hydrogen (secondary N) is 1. The average molecular weight is 700 g/mol. The number of carbonyl (C=O) groups is 2. The second kappa shape index (κ2) is 14.6. The molecule has 5 rings (SSSR count). The highest BCUT2D eigenvalue weighted by atomic mass is 32.2. The van der Waals surface area contributed by atoms with Gasteiger partial charge in [-0.1, -0.05) is 54.6 Å². The van der Waals surface area contributed by atoms with Crippen molar-refractivity contribution < 1.29 is 37.3 Å². The van der Waals surface area contributed by atoms with Crippen molar-refractivity contribution in [2.24, 2.45) is 0 Å². The summed E-state index contributed by atoms with van der Waals surface area (Å²) in [5.41, 5.74) is 0.257. The minimum atomic E-state index is -4.09. The first-order valence-electron chi connectivity index (χ1n) is 16.0. The molecule has 0 atom stereocenters. The van der Waals surface area contributed by atoms with Gasteiger partial charge in [0.15, 0.2) is 0 Å². The zero-order chi connectivity index (χ0) is 36.2. The number of phenolic OH excluding ortho intramolecular Hbond substituents is 1. The van der Waals surface area contributed by atoms with Crippen LogP contribution >= 0.6 is 0 Å². The molecule has 5 aromatic carbocycles. The fraction of sp³-hybridized carbons (Fsp3) is 0.263. The van der Waals surface area contributed by atoms with Gasteiger partial charge < -0.3 is 29.1 Å². The van der Waals surface area contributed by atoms with E-state index in [2.05, 4.69) is 4.72 Å². The maximum absolute atomic E-state index is 13.7. The molecule has 0 aliphatic rings. The number of hydrogen-bond acceptors (Lipinski definition) is 8. The lowest BCUT2D eigenvalue weighted by Gasteiger charge is -2.25. The molecule has 0 aromatic heterocycles. The van der Waals surface area contributed by atoms with Gasteiger partial charge in [-0.3, -0.25) is 4.72 Å². The summed E-state index contributed by atoms with van der Waals surface area (Å²) in [6, 6.07) is 25.3. The van der Waals surface area contributed by atoms with Crippen molar-refractivity contribution >= 4 is 49.4 Å². The number of hydrogen-bond donors (Lipinski definition) is 2. The molecule has 0 saturated carbocycles. The topological polar surface area (TPSA) is 135 Å². The zero-order valence-corrected chi connectivity index (χ0v) is 29.7. The Bertz CT molecular complexity index is 2140. The summed E-state index contributed by atoms with van der Waals surface area (Å²) in [4.78, 5) is 28.9. The number of rotatable bonds is 10. The van der Waals surface area contributed by atoms with Crippen LogP contribution in [0.4, 0.5) is 15.3 Å². The number of methoxy groups -OCH3 is 1. The summed E-state index contributed by atoms with van der Waals surface area (Å²) in [6.07, 6.45) is -0.690. The second-order valence-electron chi connectivity index (χ2n) is 12.9. The molecular weight excluding hydrogens is 658 g/mol. The summed E-state index contributed by atoms with van der Waals surface area (Å²) in [5, 5.41) is 13.7. The normalized spacial score (nSPS) is 11.6. The molecule has 2 N–H and O–H groups in total. The summed E-state index contributed by atoms with van der Waals surface area (Å²) in [7, 11) is 0.629. The maximum atomic E-state index is 13.7. The SMILES string of the molecule is COc1ccc(S(=O)(=O)Nc2cc(-c3c(O)ccc4ccccc34)c(OC(=O)N(C)CCCN(C)C(=O)OC(C)(C)C)c3ccccc23)cc1. The standard InChI is InChI=1S/C38H41N3O8S/c1-38(2,3)49-37(44)41(5)23-11-22-40(4)36(43)48-35-30-15-10-9-14-29(30)32(39-50(45,46)27-19-17-26(47-6)18-20-27)24-31(35)34-28-13-8-7-12-25(28)16-21-33(34)42/h7-10,12-21,24,39,42H,11,22-23H2,1-6H3. The van der Waals surface area contributed by atoms with Crippen LogP contribution in [-0.4, -0.2) is 75.4 Å². The molecular formula is C38H41N3O8S. The zero-order valence-electron chi connectivity index (χ0n) is 28.9. The first-order valence-corrected chi connectivity index (χ1v) is 17.5. The molecule has 0 aliphatic carbocycles. The van der Waals surface area contributed by atoms with E-state index in [1.165, 1.54) is 29.0 Å². The third kappa shape index (κ3) is 8.03. The molecule has 11 nitrogen and oxygen atoms in total. The van der Waals surface area contributed by atoms with Crippen LogP contribution in [0.2, 0.25) is 0 Å². The Morgan fingerprint density at radius 1 is 0.800 bits per heavy atom.